The van der Waals surface area contributed by atoms with Crippen LogP contribution in [0.15, 0.2) is 54.7 Å². The van der Waals surface area contributed by atoms with Crippen molar-refractivity contribution in [2.75, 3.05) is 24.9 Å². The molecule has 2 aromatic carbocycles. The number of hydrogen-bond donors (Lipinski definition) is 2. The summed E-state index contributed by atoms with van der Waals surface area (Å²) >= 11 is 6.15. The van der Waals surface area contributed by atoms with Crippen molar-refractivity contribution in [3.05, 3.63) is 71.0 Å². The molecule has 3 rings (SSSR count). The van der Waals surface area contributed by atoms with Gasteiger partial charge in [-0.1, -0.05) is 11.6 Å². The van der Waals surface area contributed by atoms with Crippen LogP contribution in [-0.4, -0.2) is 25.1 Å². The molecule has 0 aliphatic carbocycles. The fourth-order valence-corrected chi connectivity index (χ4v) is 2.74. The number of anilines is 3. The van der Waals surface area contributed by atoms with Gasteiger partial charge in [-0.05, 0) is 55.0 Å². The summed E-state index contributed by atoms with van der Waals surface area (Å²) in [5.41, 5.74) is 3.30. The van der Waals surface area contributed by atoms with Crippen molar-refractivity contribution in [2.24, 2.45) is 0 Å². The van der Waals surface area contributed by atoms with E-state index in [0.717, 1.165) is 17.0 Å². The van der Waals surface area contributed by atoms with E-state index in [1.807, 2.05) is 13.0 Å². The molecule has 0 atom stereocenters. The molecular formula is C21H20ClN3O3. The Balaban J connectivity index is 1.78. The molecule has 0 spiro atoms. The van der Waals surface area contributed by atoms with Crippen LogP contribution in [0.5, 0.6) is 11.5 Å². The summed E-state index contributed by atoms with van der Waals surface area (Å²) in [5.74, 6) is 1.01. The Morgan fingerprint density at radius 3 is 2.43 bits per heavy atom. The Bertz CT molecular complexity index is 991. The van der Waals surface area contributed by atoms with E-state index >= 15 is 0 Å². The fraction of sp³-hybridized carbons (Fsp3) is 0.143. The van der Waals surface area contributed by atoms with Gasteiger partial charge in [-0.3, -0.25) is 9.78 Å². The molecule has 144 valence electrons. The molecule has 0 saturated heterocycles. The maximum Gasteiger partial charge on any atom is 0.274 e. The van der Waals surface area contributed by atoms with Gasteiger partial charge in [0.15, 0.2) is 0 Å². The molecule has 0 aliphatic heterocycles. The summed E-state index contributed by atoms with van der Waals surface area (Å²) in [7, 11) is 3.17. The fourth-order valence-electron chi connectivity index (χ4n) is 2.59. The molecule has 1 aromatic heterocycles. The minimum Gasteiger partial charge on any atom is -0.497 e. The summed E-state index contributed by atoms with van der Waals surface area (Å²) in [6.45, 7) is 1.91. The molecule has 0 radical (unpaired) electrons. The molecule has 1 amide bonds. The first-order valence-corrected chi connectivity index (χ1v) is 8.90. The normalized spacial score (nSPS) is 10.3. The summed E-state index contributed by atoms with van der Waals surface area (Å²) in [6, 6.07) is 14.2. The summed E-state index contributed by atoms with van der Waals surface area (Å²) < 4.78 is 10.5. The van der Waals surface area contributed by atoms with Crippen LogP contribution in [0.1, 0.15) is 16.1 Å². The number of carbonyl (C=O) groups excluding carboxylic acids is 1. The molecule has 0 fully saturated rings. The first kappa shape index (κ1) is 19.5. The molecule has 28 heavy (non-hydrogen) atoms. The highest BCUT2D eigenvalue weighted by atomic mass is 35.5. The highest BCUT2D eigenvalue weighted by Crippen LogP contribution is 2.33. The molecule has 6 nitrogen and oxygen atoms in total. The Kier molecular flexibility index (Phi) is 6.01. The second-order valence-electron chi connectivity index (χ2n) is 6.04. The zero-order chi connectivity index (χ0) is 20.1. The molecule has 0 saturated carbocycles. The van der Waals surface area contributed by atoms with Crippen molar-refractivity contribution in [3.8, 4) is 11.5 Å². The second-order valence-corrected chi connectivity index (χ2v) is 6.45. The molecule has 7 heteroatoms. The topological polar surface area (TPSA) is 72.5 Å². The lowest BCUT2D eigenvalue weighted by atomic mass is 10.2. The van der Waals surface area contributed by atoms with Gasteiger partial charge in [0.25, 0.3) is 5.91 Å². The minimum absolute atomic E-state index is 0.283. The third-order valence-corrected chi connectivity index (χ3v) is 4.51. The Morgan fingerprint density at radius 1 is 1.00 bits per heavy atom. The second kappa shape index (κ2) is 8.63. The average molecular weight is 398 g/mol. The third kappa shape index (κ3) is 4.53. The number of nitrogens with zero attached hydrogens (tertiary/aromatic N) is 1. The molecule has 2 N–H and O–H groups in total. The SMILES string of the molecule is COc1ccc(NC(=O)c2cc(Nc3cc(C)c(Cl)cc3OC)ccn2)cc1. The van der Waals surface area contributed by atoms with Gasteiger partial charge >= 0.3 is 0 Å². The number of nitrogens with one attached hydrogen (secondary N) is 2. The number of benzene rings is 2. The maximum atomic E-state index is 12.5. The van der Waals surface area contributed by atoms with Crippen LogP contribution < -0.4 is 20.1 Å². The highest BCUT2D eigenvalue weighted by molar-refractivity contribution is 6.31. The van der Waals surface area contributed by atoms with Crippen LogP contribution in [-0.2, 0) is 0 Å². The van der Waals surface area contributed by atoms with Gasteiger partial charge in [0.1, 0.15) is 17.2 Å². The smallest absolute Gasteiger partial charge is 0.274 e. The lowest BCUT2D eigenvalue weighted by Gasteiger charge is -2.14. The van der Waals surface area contributed by atoms with Gasteiger partial charge in [-0.2, -0.15) is 0 Å². The highest BCUT2D eigenvalue weighted by Gasteiger charge is 2.11. The molecule has 0 bridgehead atoms. The van der Waals surface area contributed by atoms with Gasteiger partial charge < -0.3 is 20.1 Å². The predicted octanol–water partition coefficient (Wildman–Crippen LogP) is 5.06. The summed E-state index contributed by atoms with van der Waals surface area (Å²) in [6.07, 6.45) is 1.57. The van der Waals surface area contributed by atoms with Crippen molar-refractivity contribution in [3.63, 3.8) is 0 Å². The monoisotopic (exact) mass is 397 g/mol. The molecule has 0 unspecified atom stereocenters. The van der Waals surface area contributed by atoms with Crippen LogP contribution >= 0.6 is 11.6 Å². The number of aryl methyl sites for hydroxylation is 1. The van der Waals surface area contributed by atoms with Gasteiger partial charge in [0, 0.05) is 28.7 Å². The van der Waals surface area contributed by atoms with Gasteiger partial charge in [0.05, 0.1) is 19.9 Å². The van der Waals surface area contributed by atoms with E-state index in [4.69, 9.17) is 21.1 Å². The third-order valence-electron chi connectivity index (χ3n) is 4.10. The minimum atomic E-state index is -0.312. The number of ether oxygens (including phenoxy) is 2. The Hall–Kier alpha value is -3.25. The number of methoxy groups -OCH3 is 2. The van der Waals surface area contributed by atoms with Gasteiger partial charge in [-0.15, -0.1) is 0 Å². The van der Waals surface area contributed by atoms with Crippen molar-refractivity contribution < 1.29 is 14.3 Å². The van der Waals surface area contributed by atoms with Crippen LogP contribution in [0.25, 0.3) is 0 Å². The molecule has 0 aliphatic rings. The van der Waals surface area contributed by atoms with E-state index in [0.29, 0.717) is 22.1 Å². The number of hydrogen-bond acceptors (Lipinski definition) is 5. The van der Waals surface area contributed by atoms with Crippen LogP contribution in [0.4, 0.5) is 17.1 Å². The molecular weight excluding hydrogens is 378 g/mol. The van der Waals surface area contributed by atoms with Crippen molar-refractivity contribution in [2.45, 2.75) is 6.92 Å². The van der Waals surface area contributed by atoms with Crippen LogP contribution in [0, 0.1) is 6.92 Å². The lowest BCUT2D eigenvalue weighted by Crippen LogP contribution is -2.13. The van der Waals surface area contributed by atoms with Crippen LogP contribution in [0.2, 0.25) is 5.02 Å². The van der Waals surface area contributed by atoms with Gasteiger partial charge in [0.2, 0.25) is 0 Å². The standard InChI is InChI=1S/C21H20ClN3O3/c1-13-10-18(20(28-3)12-17(13)22)24-15-8-9-23-19(11-15)21(26)25-14-4-6-16(27-2)7-5-14/h4-12H,1-3H3,(H,23,24)(H,25,26). The maximum absolute atomic E-state index is 12.5. The first-order chi connectivity index (χ1) is 13.5. The average Bonchev–Trinajstić information content (AvgIpc) is 2.71. The van der Waals surface area contributed by atoms with E-state index in [-0.39, 0.29) is 11.6 Å². The number of amides is 1. The summed E-state index contributed by atoms with van der Waals surface area (Å²) in [4.78, 5) is 16.7. The van der Waals surface area contributed by atoms with Crippen LogP contribution in [0.3, 0.4) is 0 Å². The zero-order valence-corrected chi connectivity index (χ0v) is 16.5. The quantitative estimate of drug-likeness (QED) is 0.608. The Labute approximate surface area is 168 Å². The number of halogens is 1. The van der Waals surface area contributed by atoms with Crippen molar-refractivity contribution in [1.29, 1.82) is 0 Å². The molecule has 3 aromatic rings. The van der Waals surface area contributed by atoms with E-state index in [9.17, 15) is 4.79 Å². The van der Waals surface area contributed by atoms with E-state index in [2.05, 4.69) is 15.6 Å². The largest absolute Gasteiger partial charge is 0.497 e. The Morgan fingerprint density at radius 2 is 1.75 bits per heavy atom. The van der Waals surface area contributed by atoms with Crippen molar-refractivity contribution >= 4 is 34.6 Å². The first-order valence-electron chi connectivity index (χ1n) is 8.53. The van der Waals surface area contributed by atoms with Crippen molar-refractivity contribution in [1.82, 2.24) is 4.98 Å². The van der Waals surface area contributed by atoms with E-state index < -0.39 is 0 Å². The lowest BCUT2D eigenvalue weighted by molar-refractivity contribution is 0.102. The number of rotatable bonds is 6. The molecule has 1 heterocycles. The van der Waals surface area contributed by atoms with Gasteiger partial charge in [-0.25, -0.2) is 0 Å². The zero-order valence-electron chi connectivity index (χ0n) is 15.7. The predicted molar refractivity (Wildman–Crippen MR) is 111 cm³/mol. The number of carbonyl (C=O) groups is 1. The summed E-state index contributed by atoms with van der Waals surface area (Å²) in [5, 5.41) is 6.68. The van der Waals surface area contributed by atoms with E-state index in [1.54, 1.807) is 62.9 Å². The number of pyridine rings is 1. The number of aromatic nitrogens is 1. The van der Waals surface area contributed by atoms with E-state index in [1.165, 1.54) is 0 Å².